The maximum atomic E-state index is 11.5. The van der Waals surface area contributed by atoms with Crippen molar-refractivity contribution in [1.82, 2.24) is 0 Å². The average Bonchev–Trinajstić information content (AvgIpc) is 2.83. The van der Waals surface area contributed by atoms with E-state index in [2.05, 4.69) is 55.4 Å². The molecule has 0 aliphatic carbocycles. The van der Waals surface area contributed by atoms with Crippen LogP contribution < -0.4 is 18.6 Å². The summed E-state index contributed by atoms with van der Waals surface area (Å²) in [6.45, 7) is 17.9. The third-order valence-electron chi connectivity index (χ3n) is 7.10. The van der Waals surface area contributed by atoms with Gasteiger partial charge in [0.2, 0.25) is 0 Å². The molecular weight excluding hydrogens is 472 g/mol. The van der Waals surface area contributed by atoms with E-state index >= 15 is 0 Å². The topological polar surface area (TPSA) is 66.4 Å². The number of hydrogen-bond acceptors (Lipinski definition) is 6. The molecule has 0 amide bonds. The van der Waals surface area contributed by atoms with Crippen LogP contribution in [-0.4, -0.2) is 41.5 Å². The first-order valence-electron chi connectivity index (χ1n) is 12.8. The summed E-state index contributed by atoms with van der Waals surface area (Å²) in [5.41, 5.74) is 3.56. The van der Waals surface area contributed by atoms with Crippen molar-refractivity contribution in [1.29, 1.82) is 0 Å². The lowest BCUT2D eigenvalue weighted by atomic mass is 9.94. The van der Waals surface area contributed by atoms with Gasteiger partial charge in [-0.05, 0) is 45.8 Å². The SMILES string of the molecule is COCOc1ccc(C(O)c2c(OC)cc(O[Si](C(C)C)(C(C)C)C(C)C)cc2OC)cc1C(C)C. The van der Waals surface area contributed by atoms with E-state index in [1.165, 1.54) is 0 Å². The van der Waals surface area contributed by atoms with Gasteiger partial charge in [0, 0.05) is 19.2 Å². The molecule has 0 spiro atoms. The fourth-order valence-electron chi connectivity index (χ4n) is 5.41. The highest BCUT2D eigenvalue weighted by Gasteiger charge is 2.47. The Morgan fingerprint density at radius 2 is 1.28 bits per heavy atom. The fourth-order valence-corrected chi connectivity index (χ4v) is 10.6. The van der Waals surface area contributed by atoms with Crippen LogP contribution in [-0.2, 0) is 4.74 Å². The number of hydrogen-bond donors (Lipinski definition) is 1. The monoisotopic (exact) mass is 518 g/mol. The second kappa shape index (κ2) is 12.8. The summed E-state index contributed by atoms with van der Waals surface area (Å²) in [5, 5.41) is 11.5. The van der Waals surface area contributed by atoms with Crippen LogP contribution in [0.25, 0.3) is 0 Å². The van der Waals surface area contributed by atoms with E-state index in [0.717, 1.165) is 16.9 Å². The zero-order valence-electron chi connectivity index (χ0n) is 24.0. The van der Waals surface area contributed by atoms with Crippen molar-refractivity contribution in [3.63, 3.8) is 0 Å². The summed E-state index contributed by atoms with van der Waals surface area (Å²) in [7, 11) is 2.62. The first kappa shape index (κ1) is 30.0. The zero-order chi connectivity index (χ0) is 27.2. The normalized spacial score (nSPS) is 13.0. The van der Waals surface area contributed by atoms with Crippen molar-refractivity contribution in [3.05, 3.63) is 47.0 Å². The van der Waals surface area contributed by atoms with E-state index in [1.807, 2.05) is 30.3 Å². The van der Waals surface area contributed by atoms with Crippen LogP contribution in [0.4, 0.5) is 0 Å². The molecule has 36 heavy (non-hydrogen) atoms. The molecule has 2 aromatic rings. The van der Waals surface area contributed by atoms with E-state index in [-0.39, 0.29) is 12.7 Å². The predicted octanol–water partition coefficient (Wildman–Crippen LogP) is 7.45. The summed E-state index contributed by atoms with van der Waals surface area (Å²) in [4.78, 5) is 0. The lowest BCUT2D eigenvalue weighted by Crippen LogP contribution is -2.50. The minimum absolute atomic E-state index is 0.165. The Morgan fingerprint density at radius 1 is 0.750 bits per heavy atom. The fraction of sp³-hybridized carbons (Fsp3) is 0.586. The van der Waals surface area contributed by atoms with E-state index < -0.39 is 14.4 Å². The molecule has 0 saturated heterocycles. The number of aliphatic hydroxyl groups excluding tert-OH is 1. The molecule has 202 valence electrons. The molecule has 0 aliphatic rings. The zero-order valence-corrected chi connectivity index (χ0v) is 25.0. The lowest BCUT2D eigenvalue weighted by molar-refractivity contribution is 0.0502. The third kappa shape index (κ3) is 6.18. The Balaban J connectivity index is 2.58. The molecule has 1 N–H and O–H groups in total. The minimum Gasteiger partial charge on any atom is -0.543 e. The summed E-state index contributed by atoms with van der Waals surface area (Å²) in [6.07, 6.45) is -0.958. The number of benzene rings is 2. The Morgan fingerprint density at radius 3 is 1.69 bits per heavy atom. The van der Waals surface area contributed by atoms with Gasteiger partial charge in [-0.25, -0.2) is 0 Å². The summed E-state index contributed by atoms with van der Waals surface area (Å²) < 4.78 is 29.2. The van der Waals surface area contributed by atoms with Crippen LogP contribution in [0.3, 0.4) is 0 Å². The van der Waals surface area contributed by atoms with Crippen molar-refractivity contribution in [2.45, 2.75) is 84.0 Å². The average molecular weight is 519 g/mol. The van der Waals surface area contributed by atoms with Crippen LogP contribution >= 0.6 is 0 Å². The largest absolute Gasteiger partial charge is 0.543 e. The smallest absolute Gasteiger partial charge is 0.258 e. The molecule has 7 heteroatoms. The van der Waals surface area contributed by atoms with E-state index in [1.54, 1.807) is 21.3 Å². The van der Waals surface area contributed by atoms with Crippen molar-refractivity contribution < 1.29 is 28.5 Å². The first-order valence-corrected chi connectivity index (χ1v) is 15.0. The van der Waals surface area contributed by atoms with Gasteiger partial charge in [0.15, 0.2) is 6.79 Å². The number of ether oxygens (including phenoxy) is 4. The Kier molecular flexibility index (Phi) is 10.7. The molecule has 0 radical (unpaired) electrons. The molecule has 2 rings (SSSR count). The van der Waals surface area contributed by atoms with E-state index in [0.29, 0.717) is 39.4 Å². The van der Waals surface area contributed by atoms with Crippen LogP contribution in [0, 0.1) is 0 Å². The number of rotatable bonds is 13. The van der Waals surface area contributed by atoms with Gasteiger partial charge in [-0.3, -0.25) is 0 Å². The number of aliphatic hydroxyl groups is 1. The van der Waals surface area contributed by atoms with Crippen molar-refractivity contribution in [2.75, 3.05) is 28.1 Å². The number of methoxy groups -OCH3 is 3. The van der Waals surface area contributed by atoms with E-state index in [4.69, 9.17) is 23.4 Å². The quantitative estimate of drug-likeness (QED) is 0.219. The predicted molar refractivity (Wildman–Crippen MR) is 148 cm³/mol. The van der Waals surface area contributed by atoms with Gasteiger partial charge in [0.05, 0.1) is 19.8 Å². The molecule has 0 fully saturated rings. The Labute approximate surface area is 219 Å². The lowest BCUT2D eigenvalue weighted by Gasteiger charge is -2.42. The maximum Gasteiger partial charge on any atom is 0.258 e. The molecule has 1 atom stereocenters. The molecule has 6 nitrogen and oxygen atoms in total. The van der Waals surface area contributed by atoms with Gasteiger partial charge >= 0.3 is 0 Å². The Bertz CT molecular complexity index is 939. The van der Waals surface area contributed by atoms with Crippen molar-refractivity contribution >= 4 is 8.32 Å². The molecule has 0 saturated carbocycles. The second-order valence-electron chi connectivity index (χ2n) is 10.6. The third-order valence-corrected chi connectivity index (χ3v) is 13.1. The molecule has 2 aromatic carbocycles. The molecule has 0 bridgehead atoms. The maximum absolute atomic E-state index is 11.5. The van der Waals surface area contributed by atoms with Crippen LogP contribution in [0.5, 0.6) is 23.0 Å². The summed E-state index contributed by atoms with van der Waals surface area (Å²) in [6, 6.07) is 9.47. The standard InChI is InChI=1S/C29H46O6Si/c1-18(2)24-14-22(12-13-25(24)34-17-31-9)29(30)28-26(32-10)15-23(16-27(28)33-11)35-36(19(3)4,20(5)6)21(7)8/h12-16,18-21,29-30H,17H2,1-11H3. The van der Waals surface area contributed by atoms with E-state index in [9.17, 15) is 5.11 Å². The second-order valence-corrected chi connectivity index (χ2v) is 15.9. The Hall–Kier alpha value is -2.22. The molecule has 0 aromatic heterocycles. The summed E-state index contributed by atoms with van der Waals surface area (Å²) >= 11 is 0. The van der Waals surface area contributed by atoms with Gasteiger partial charge in [0.1, 0.15) is 29.1 Å². The van der Waals surface area contributed by atoms with Gasteiger partial charge in [-0.2, -0.15) is 0 Å². The van der Waals surface area contributed by atoms with Gasteiger partial charge in [0.25, 0.3) is 8.32 Å². The van der Waals surface area contributed by atoms with Crippen LogP contribution in [0.15, 0.2) is 30.3 Å². The van der Waals surface area contributed by atoms with Gasteiger partial charge < -0.3 is 28.5 Å². The molecule has 0 heterocycles. The van der Waals surface area contributed by atoms with Gasteiger partial charge in [-0.1, -0.05) is 61.5 Å². The van der Waals surface area contributed by atoms with Crippen LogP contribution in [0.2, 0.25) is 16.6 Å². The highest BCUT2D eigenvalue weighted by Crippen LogP contribution is 2.46. The minimum atomic E-state index is -2.18. The highest BCUT2D eigenvalue weighted by molar-refractivity contribution is 6.78. The van der Waals surface area contributed by atoms with Gasteiger partial charge in [-0.15, -0.1) is 0 Å². The molecule has 0 aliphatic heterocycles. The molecule has 1 unspecified atom stereocenters. The van der Waals surface area contributed by atoms with Crippen LogP contribution in [0.1, 0.15) is 84.1 Å². The first-order chi connectivity index (χ1) is 16.9. The highest BCUT2D eigenvalue weighted by atomic mass is 28.4. The molecular formula is C29H46O6Si. The van der Waals surface area contributed by atoms with Crippen molar-refractivity contribution in [3.8, 4) is 23.0 Å². The summed E-state index contributed by atoms with van der Waals surface area (Å²) in [5.74, 6) is 2.71. The van der Waals surface area contributed by atoms with Crippen molar-refractivity contribution in [2.24, 2.45) is 0 Å².